The van der Waals surface area contributed by atoms with Gasteiger partial charge in [0.25, 0.3) is 11.8 Å². The summed E-state index contributed by atoms with van der Waals surface area (Å²) in [4.78, 5) is 28.8. The molecule has 1 aliphatic carbocycles. The topological polar surface area (TPSA) is 71.7 Å². The molecule has 0 atom stereocenters. The minimum Gasteiger partial charge on any atom is -0.327 e. The third-order valence-electron chi connectivity index (χ3n) is 5.51. The Labute approximate surface area is 162 Å². The van der Waals surface area contributed by atoms with Gasteiger partial charge in [-0.1, -0.05) is 18.9 Å². The smallest absolute Gasteiger partial charge is 0.280 e. The number of nitrogens with one attached hydrogen (secondary N) is 2. The summed E-state index contributed by atoms with van der Waals surface area (Å²) in [5.41, 5.74) is 0. The molecule has 2 fully saturated rings. The van der Waals surface area contributed by atoms with E-state index in [1.54, 1.807) is 6.20 Å². The number of anilines is 1. The van der Waals surface area contributed by atoms with Crippen molar-refractivity contribution < 1.29 is 14.5 Å². The average Bonchev–Trinajstić information content (AvgIpc) is 3.43. The SMILES string of the molecule is O=C(C[NH+]1CCN(C(=O)c2cccs2)CC1)Nc1ccnn1C1CCCC1. The molecule has 0 spiro atoms. The van der Waals surface area contributed by atoms with Crippen LogP contribution in [0.15, 0.2) is 29.8 Å². The average molecular weight is 389 g/mol. The summed E-state index contributed by atoms with van der Waals surface area (Å²) in [5.74, 6) is 0.926. The molecule has 2 aromatic rings. The summed E-state index contributed by atoms with van der Waals surface area (Å²) in [6.45, 7) is 3.41. The van der Waals surface area contributed by atoms with Gasteiger partial charge < -0.3 is 15.1 Å². The van der Waals surface area contributed by atoms with Crippen molar-refractivity contribution in [3.63, 3.8) is 0 Å². The molecule has 2 aliphatic rings. The Balaban J connectivity index is 1.26. The lowest BCUT2D eigenvalue weighted by Gasteiger charge is -2.31. The zero-order valence-corrected chi connectivity index (χ0v) is 16.2. The zero-order chi connectivity index (χ0) is 18.6. The van der Waals surface area contributed by atoms with Gasteiger partial charge in [0.15, 0.2) is 6.54 Å². The zero-order valence-electron chi connectivity index (χ0n) is 15.4. The first kappa shape index (κ1) is 18.2. The van der Waals surface area contributed by atoms with Gasteiger partial charge in [-0.25, -0.2) is 4.68 Å². The largest absolute Gasteiger partial charge is 0.327 e. The monoisotopic (exact) mass is 388 g/mol. The summed E-state index contributed by atoms with van der Waals surface area (Å²) < 4.78 is 1.97. The minimum absolute atomic E-state index is 0.0165. The number of hydrogen-bond acceptors (Lipinski definition) is 4. The number of aromatic nitrogens is 2. The number of quaternary nitrogens is 1. The van der Waals surface area contributed by atoms with Gasteiger partial charge in [-0.2, -0.15) is 5.10 Å². The molecule has 3 heterocycles. The molecule has 27 heavy (non-hydrogen) atoms. The lowest BCUT2D eigenvalue weighted by atomic mass is 10.2. The summed E-state index contributed by atoms with van der Waals surface area (Å²) >= 11 is 1.48. The predicted octanol–water partition coefficient (Wildman–Crippen LogP) is 1.04. The number of piperazine rings is 1. The van der Waals surface area contributed by atoms with Crippen molar-refractivity contribution in [2.45, 2.75) is 31.7 Å². The van der Waals surface area contributed by atoms with E-state index in [4.69, 9.17) is 0 Å². The summed E-state index contributed by atoms with van der Waals surface area (Å²) in [5, 5.41) is 9.36. The predicted molar refractivity (Wildman–Crippen MR) is 104 cm³/mol. The fourth-order valence-electron chi connectivity index (χ4n) is 4.03. The molecular weight excluding hydrogens is 362 g/mol. The highest BCUT2D eigenvalue weighted by molar-refractivity contribution is 7.12. The van der Waals surface area contributed by atoms with E-state index in [1.807, 2.05) is 33.2 Å². The molecule has 8 heteroatoms. The Morgan fingerprint density at radius 3 is 2.70 bits per heavy atom. The van der Waals surface area contributed by atoms with Gasteiger partial charge in [-0.3, -0.25) is 9.59 Å². The highest BCUT2D eigenvalue weighted by Gasteiger charge is 2.27. The van der Waals surface area contributed by atoms with Crippen LogP contribution in [-0.2, 0) is 4.79 Å². The highest BCUT2D eigenvalue weighted by atomic mass is 32.1. The maximum absolute atomic E-state index is 12.5. The Morgan fingerprint density at radius 2 is 2.00 bits per heavy atom. The molecule has 0 unspecified atom stereocenters. The molecule has 2 aromatic heterocycles. The van der Waals surface area contributed by atoms with Crippen LogP contribution in [0.3, 0.4) is 0 Å². The van der Waals surface area contributed by atoms with Crippen LogP contribution in [0.2, 0.25) is 0 Å². The number of carbonyl (C=O) groups excluding carboxylic acids is 2. The third kappa shape index (κ3) is 4.22. The van der Waals surface area contributed by atoms with Crippen LogP contribution in [0.4, 0.5) is 5.82 Å². The van der Waals surface area contributed by atoms with Crippen molar-refractivity contribution in [1.29, 1.82) is 0 Å². The van der Waals surface area contributed by atoms with Crippen LogP contribution >= 0.6 is 11.3 Å². The van der Waals surface area contributed by atoms with Crippen LogP contribution in [0.25, 0.3) is 0 Å². The van der Waals surface area contributed by atoms with Crippen molar-refractivity contribution >= 4 is 29.0 Å². The number of nitrogens with zero attached hydrogens (tertiary/aromatic N) is 3. The minimum atomic E-state index is 0.0165. The van der Waals surface area contributed by atoms with Crippen molar-refractivity contribution in [2.75, 3.05) is 38.0 Å². The van der Waals surface area contributed by atoms with Gasteiger partial charge in [0.2, 0.25) is 0 Å². The molecule has 0 aromatic carbocycles. The van der Waals surface area contributed by atoms with Crippen molar-refractivity contribution in [3.8, 4) is 0 Å². The molecule has 2 amide bonds. The highest BCUT2D eigenvalue weighted by Crippen LogP contribution is 2.31. The molecule has 0 bridgehead atoms. The van der Waals surface area contributed by atoms with Gasteiger partial charge in [-0.15, -0.1) is 11.3 Å². The first-order chi connectivity index (χ1) is 13.2. The number of carbonyl (C=O) groups is 2. The van der Waals surface area contributed by atoms with Crippen molar-refractivity contribution in [1.82, 2.24) is 14.7 Å². The molecule has 144 valence electrons. The third-order valence-corrected chi connectivity index (χ3v) is 6.37. The Morgan fingerprint density at radius 1 is 1.22 bits per heavy atom. The maximum atomic E-state index is 12.5. The maximum Gasteiger partial charge on any atom is 0.280 e. The van der Waals surface area contributed by atoms with E-state index in [0.717, 1.165) is 36.6 Å². The molecule has 1 aliphatic heterocycles. The van der Waals surface area contributed by atoms with Crippen LogP contribution in [0, 0.1) is 0 Å². The second-order valence-corrected chi connectivity index (χ2v) is 8.29. The lowest BCUT2D eigenvalue weighted by Crippen LogP contribution is -3.15. The molecule has 0 radical (unpaired) electrons. The van der Waals surface area contributed by atoms with E-state index < -0.39 is 0 Å². The van der Waals surface area contributed by atoms with Gasteiger partial charge in [0, 0.05) is 6.07 Å². The van der Waals surface area contributed by atoms with E-state index in [9.17, 15) is 9.59 Å². The summed E-state index contributed by atoms with van der Waals surface area (Å²) in [6, 6.07) is 6.06. The van der Waals surface area contributed by atoms with Gasteiger partial charge in [0.1, 0.15) is 5.82 Å². The van der Waals surface area contributed by atoms with E-state index in [-0.39, 0.29) is 11.8 Å². The van der Waals surface area contributed by atoms with Crippen molar-refractivity contribution in [3.05, 3.63) is 34.7 Å². The lowest BCUT2D eigenvalue weighted by molar-refractivity contribution is -0.895. The normalized spacial score (nSPS) is 18.7. The van der Waals surface area contributed by atoms with Gasteiger partial charge >= 0.3 is 0 Å². The Kier molecular flexibility index (Phi) is 5.54. The first-order valence-electron chi connectivity index (χ1n) is 9.70. The fraction of sp³-hybridized carbons (Fsp3) is 0.526. The number of hydrogen-bond donors (Lipinski definition) is 2. The molecule has 1 saturated heterocycles. The Bertz CT molecular complexity index is 774. The quantitative estimate of drug-likeness (QED) is 0.804. The van der Waals surface area contributed by atoms with Crippen LogP contribution < -0.4 is 10.2 Å². The Hall–Kier alpha value is -2.19. The molecule has 2 N–H and O–H groups in total. The van der Waals surface area contributed by atoms with Crippen LogP contribution in [-0.4, -0.2) is 59.2 Å². The number of thiophene rings is 1. The number of rotatable bonds is 5. The van der Waals surface area contributed by atoms with E-state index >= 15 is 0 Å². The molecule has 1 saturated carbocycles. The van der Waals surface area contributed by atoms with Crippen LogP contribution in [0.1, 0.15) is 41.4 Å². The van der Waals surface area contributed by atoms with Gasteiger partial charge in [-0.05, 0) is 24.3 Å². The summed E-state index contributed by atoms with van der Waals surface area (Å²) in [6.07, 6.45) is 6.49. The molecule has 7 nitrogen and oxygen atoms in total. The fourth-order valence-corrected chi connectivity index (χ4v) is 4.72. The van der Waals surface area contributed by atoms with E-state index in [1.165, 1.54) is 29.1 Å². The van der Waals surface area contributed by atoms with E-state index in [2.05, 4.69) is 10.4 Å². The number of amides is 2. The van der Waals surface area contributed by atoms with Crippen molar-refractivity contribution in [2.24, 2.45) is 0 Å². The summed E-state index contributed by atoms with van der Waals surface area (Å²) in [7, 11) is 0. The molecular formula is C19H26N5O2S+. The second-order valence-electron chi connectivity index (χ2n) is 7.34. The first-order valence-corrected chi connectivity index (χ1v) is 10.6. The molecule has 4 rings (SSSR count). The van der Waals surface area contributed by atoms with E-state index in [0.29, 0.717) is 25.7 Å². The van der Waals surface area contributed by atoms with Gasteiger partial charge in [0.05, 0.1) is 43.3 Å². The standard InChI is InChI=1S/C19H25N5O2S/c25-18(21-17-7-8-20-24(17)15-4-1-2-5-15)14-22-9-11-23(12-10-22)19(26)16-6-3-13-27-16/h3,6-8,13,15H,1-2,4-5,9-12,14H2,(H,21,25)/p+1. The second kappa shape index (κ2) is 8.22. The van der Waals surface area contributed by atoms with Crippen LogP contribution in [0.5, 0.6) is 0 Å².